The van der Waals surface area contributed by atoms with Crippen LogP contribution in [0.15, 0.2) is 18.2 Å². The van der Waals surface area contributed by atoms with Crippen molar-refractivity contribution in [2.45, 2.75) is 19.3 Å². The van der Waals surface area contributed by atoms with Crippen molar-refractivity contribution in [2.75, 3.05) is 5.75 Å². The van der Waals surface area contributed by atoms with Gasteiger partial charge in [-0.15, -0.1) is 0 Å². The van der Waals surface area contributed by atoms with Crippen LogP contribution in [0.5, 0.6) is 0 Å². The first-order chi connectivity index (χ1) is 7.38. The molecule has 0 fully saturated rings. The Hall–Kier alpha value is -0.680. The van der Waals surface area contributed by atoms with Crippen molar-refractivity contribution >= 4 is 19.7 Å². The van der Waals surface area contributed by atoms with E-state index in [1.54, 1.807) is 0 Å². The lowest BCUT2D eigenvalue weighted by Gasteiger charge is -2.02. The summed E-state index contributed by atoms with van der Waals surface area (Å²) < 4.78 is 47.1. The summed E-state index contributed by atoms with van der Waals surface area (Å²) in [5, 5.41) is 0. The standard InChI is InChI=1S/C10H11ClF2O2S/c11-16(14,15)6-2-1-3-8-7-9(12)4-5-10(8)13/h4-5,7H,1-3,6H2. The molecule has 0 atom stereocenters. The van der Waals surface area contributed by atoms with E-state index in [2.05, 4.69) is 0 Å². The number of rotatable bonds is 5. The van der Waals surface area contributed by atoms with Crippen LogP contribution in [-0.2, 0) is 15.5 Å². The molecule has 90 valence electrons. The largest absolute Gasteiger partial charge is 0.232 e. The summed E-state index contributed by atoms with van der Waals surface area (Å²) in [4.78, 5) is 0. The van der Waals surface area contributed by atoms with E-state index in [-0.39, 0.29) is 11.3 Å². The summed E-state index contributed by atoms with van der Waals surface area (Å²) in [6.07, 6.45) is 1.09. The van der Waals surface area contributed by atoms with E-state index < -0.39 is 20.7 Å². The van der Waals surface area contributed by atoms with Gasteiger partial charge >= 0.3 is 0 Å². The van der Waals surface area contributed by atoms with Crippen LogP contribution in [0.2, 0.25) is 0 Å². The van der Waals surface area contributed by atoms with Gasteiger partial charge < -0.3 is 0 Å². The van der Waals surface area contributed by atoms with Crippen molar-refractivity contribution in [1.82, 2.24) is 0 Å². The molecule has 0 unspecified atom stereocenters. The SMILES string of the molecule is O=S(=O)(Cl)CCCCc1cc(F)ccc1F. The Morgan fingerprint density at radius 2 is 1.88 bits per heavy atom. The minimum atomic E-state index is -3.49. The smallest absolute Gasteiger partial charge is 0.212 e. The first kappa shape index (κ1) is 13.4. The lowest BCUT2D eigenvalue weighted by atomic mass is 10.1. The topological polar surface area (TPSA) is 34.1 Å². The highest BCUT2D eigenvalue weighted by molar-refractivity contribution is 8.13. The van der Waals surface area contributed by atoms with Crippen LogP contribution in [0.1, 0.15) is 18.4 Å². The molecule has 0 aliphatic rings. The highest BCUT2D eigenvalue weighted by atomic mass is 35.7. The van der Waals surface area contributed by atoms with Gasteiger partial charge in [-0.1, -0.05) is 0 Å². The van der Waals surface area contributed by atoms with Gasteiger partial charge in [0.1, 0.15) is 11.6 Å². The molecular weight excluding hydrogens is 258 g/mol. The van der Waals surface area contributed by atoms with Crippen LogP contribution in [0.4, 0.5) is 8.78 Å². The van der Waals surface area contributed by atoms with E-state index in [1.165, 1.54) is 0 Å². The van der Waals surface area contributed by atoms with Crippen molar-refractivity contribution in [3.63, 3.8) is 0 Å². The van der Waals surface area contributed by atoms with Gasteiger partial charge in [-0.05, 0) is 43.0 Å². The summed E-state index contributed by atoms with van der Waals surface area (Å²) in [6, 6.07) is 3.22. The van der Waals surface area contributed by atoms with Gasteiger partial charge in [0, 0.05) is 10.7 Å². The van der Waals surface area contributed by atoms with Gasteiger partial charge in [0.2, 0.25) is 9.05 Å². The van der Waals surface area contributed by atoms with Crippen LogP contribution in [-0.4, -0.2) is 14.2 Å². The maximum atomic E-state index is 13.1. The van der Waals surface area contributed by atoms with Crippen molar-refractivity contribution in [2.24, 2.45) is 0 Å². The summed E-state index contributed by atoms with van der Waals surface area (Å²) in [5.74, 6) is -1.12. The van der Waals surface area contributed by atoms with Crippen molar-refractivity contribution in [3.8, 4) is 0 Å². The molecule has 1 rings (SSSR count). The molecule has 0 spiro atoms. The van der Waals surface area contributed by atoms with Gasteiger partial charge in [-0.25, -0.2) is 17.2 Å². The zero-order valence-corrected chi connectivity index (χ0v) is 9.99. The lowest BCUT2D eigenvalue weighted by molar-refractivity contribution is 0.578. The van der Waals surface area contributed by atoms with Crippen LogP contribution in [0.3, 0.4) is 0 Å². The van der Waals surface area contributed by atoms with Crippen LogP contribution in [0.25, 0.3) is 0 Å². The Labute approximate surface area is 97.7 Å². The molecule has 0 aliphatic heterocycles. The van der Waals surface area contributed by atoms with Gasteiger partial charge in [-0.2, -0.15) is 0 Å². The zero-order chi connectivity index (χ0) is 12.2. The number of aryl methyl sites for hydroxylation is 1. The minimum Gasteiger partial charge on any atom is -0.212 e. The van der Waals surface area contributed by atoms with Crippen molar-refractivity contribution in [1.29, 1.82) is 0 Å². The number of benzene rings is 1. The van der Waals surface area contributed by atoms with E-state index >= 15 is 0 Å². The van der Waals surface area contributed by atoms with E-state index in [4.69, 9.17) is 10.7 Å². The molecule has 1 aromatic rings. The molecule has 0 amide bonds. The fourth-order valence-electron chi connectivity index (χ4n) is 1.32. The third-order valence-corrected chi connectivity index (χ3v) is 3.33. The lowest BCUT2D eigenvalue weighted by Crippen LogP contribution is -1.99. The maximum absolute atomic E-state index is 13.1. The van der Waals surface area contributed by atoms with Crippen LogP contribution in [0, 0.1) is 11.6 Å². The van der Waals surface area contributed by atoms with Crippen LogP contribution < -0.4 is 0 Å². The summed E-state index contributed by atoms with van der Waals surface area (Å²) in [6.45, 7) is 0. The third-order valence-electron chi connectivity index (χ3n) is 2.09. The molecular formula is C10H11ClF2O2S. The second-order valence-corrected chi connectivity index (χ2v) is 6.33. The molecule has 2 nitrogen and oxygen atoms in total. The second-order valence-electron chi connectivity index (χ2n) is 3.44. The monoisotopic (exact) mass is 268 g/mol. The Bertz CT molecular complexity index is 460. The number of unbranched alkanes of at least 4 members (excludes halogenated alkanes) is 1. The van der Waals surface area contributed by atoms with Gasteiger partial charge in [0.05, 0.1) is 5.75 Å². The first-order valence-electron chi connectivity index (χ1n) is 4.75. The molecule has 0 bridgehead atoms. The Morgan fingerprint density at radius 3 is 2.50 bits per heavy atom. The molecule has 0 aromatic heterocycles. The molecule has 0 N–H and O–H groups in total. The first-order valence-corrected chi connectivity index (χ1v) is 7.22. The molecule has 0 saturated heterocycles. The second kappa shape index (κ2) is 5.59. The molecule has 0 aliphatic carbocycles. The Balaban J connectivity index is 2.46. The van der Waals surface area contributed by atoms with Crippen molar-refractivity contribution in [3.05, 3.63) is 35.4 Å². The third kappa shape index (κ3) is 4.90. The minimum absolute atomic E-state index is 0.147. The molecule has 0 heterocycles. The number of hydrogen-bond donors (Lipinski definition) is 0. The number of hydrogen-bond acceptors (Lipinski definition) is 2. The Kier molecular flexibility index (Phi) is 4.68. The average molecular weight is 269 g/mol. The van der Waals surface area contributed by atoms with E-state index in [1.807, 2.05) is 0 Å². The van der Waals surface area contributed by atoms with Crippen molar-refractivity contribution < 1.29 is 17.2 Å². The summed E-state index contributed by atoms with van der Waals surface area (Å²) >= 11 is 0. The highest BCUT2D eigenvalue weighted by Crippen LogP contribution is 2.13. The highest BCUT2D eigenvalue weighted by Gasteiger charge is 2.06. The van der Waals surface area contributed by atoms with E-state index in [9.17, 15) is 17.2 Å². The quantitative estimate of drug-likeness (QED) is 0.608. The summed E-state index contributed by atoms with van der Waals surface area (Å²) in [5.41, 5.74) is 0.256. The van der Waals surface area contributed by atoms with E-state index in [0.717, 1.165) is 18.2 Å². The van der Waals surface area contributed by atoms with Gasteiger partial charge in [0.25, 0.3) is 0 Å². The molecule has 0 saturated carbocycles. The molecule has 6 heteroatoms. The fourth-order valence-corrected chi connectivity index (χ4v) is 2.20. The Morgan fingerprint density at radius 1 is 1.19 bits per heavy atom. The molecule has 0 radical (unpaired) electrons. The molecule has 1 aromatic carbocycles. The van der Waals surface area contributed by atoms with Gasteiger partial charge in [0.15, 0.2) is 0 Å². The summed E-state index contributed by atoms with van der Waals surface area (Å²) in [7, 11) is 1.52. The zero-order valence-electron chi connectivity index (χ0n) is 8.42. The predicted molar refractivity (Wildman–Crippen MR) is 58.9 cm³/mol. The maximum Gasteiger partial charge on any atom is 0.232 e. The van der Waals surface area contributed by atoms with Crippen LogP contribution >= 0.6 is 10.7 Å². The normalized spacial score (nSPS) is 11.7. The predicted octanol–water partition coefficient (Wildman–Crippen LogP) is 2.86. The van der Waals surface area contributed by atoms with Gasteiger partial charge in [-0.3, -0.25) is 0 Å². The van der Waals surface area contributed by atoms with E-state index in [0.29, 0.717) is 19.3 Å². The average Bonchev–Trinajstić information content (AvgIpc) is 2.16. The fraction of sp³-hybridized carbons (Fsp3) is 0.400. The number of halogens is 3. The molecule has 16 heavy (non-hydrogen) atoms.